The number of hydrogen-bond donors (Lipinski definition) is 2. The minimum atomic E-state index is -1.10. The van der Waals surface area contributed by atoms with E-state index in [4.69, 9.17) is 5.73 Å². The molecular formula is C23H20F2N6O2. The first kappa shape index (κ1) is 22.0. The van der Waals surface area contributed by atoms with Crippen LogP contribution in [0.1, 0.15) is 25.8 Å². The van der Waals surface area contributed by atoms with Crippen molar-refractivity contribution in [2.24, 2.45) is 0 Å². The molecule has 0 aliphatic carbocycles. The molecule has 0 bridgehead atoms. The maximum Gasteiger partial charge on any atom is 0.313 e. The Morgan fingerprint density at radius 1 is 1.15 bits per heavy atom. The monoisotopic (exact) mass is 450 g/mol. The summed E-state index contributed by atoms with van der Waals surface area (Å²) < 4.78 is 29.1. The van der Waals surface area contributed by atoms with Crippen LogP contribution in [0, 0.1) is 11.6 Å². The smallest absolute Gasteiger partial charge is 0.313 e. The van der Waals surface area contributed by atoms with Crippen LogP contribution in [-0.2, 0) is 10.2 Å². The third kappa shape index (κ3) is 3.79. The molecule has 0 saturated heterocycles. The number of benzene rings is 2. The molecular weight excluding hydrogens is 430 g/mol. The Morgan fingerprint density at radius 2 is 1.88 bits per heavy atom. The summed E-state index contributed by atoms with van der Waals surface area (Å²) >= 11 is 0. The summed E-state index contributed by atoms with van der Waals surface area (Å²) in [4.78, 5) is 15.9. The number of carbonyl (C=O) groups is 1. The molecule has 168 valence electrons. The minimum absolute atomic E-state index is 0.0902. The summed E-state index contributed by atoms with van der Waals surface area (Å²) in [5.41, 5.74) is 7.31. The molecule has 1 atom stereocenters. The zero-order valence-electron chi connectivity index (χ0n) is 17.8. The molecule has 0 radical (unpaired) electrons. The molecule has 0 aliphatic heterocycles. The van der Waals surface area contributed by atoms with Crippen molar-refractivity contribution in [3.63, 3.8) is 0 Å². The van der Waals surface area contributed by atoms with Gasteiger partial charge in [-0.15, -0.1) is 5.10 Å². The fourth-order valence-corrected chi connectivity index (χ4v) is 3.49. The number of halogens is 2. The van der Waals surface area contributed by atoms with Crippen LogP contribution >= 0.6 is 0 Å². The van der Waals surface area contributed by atoms with Crippen LogP contribution in [0.15, 0.2) is 54.7 Å². The van der Waals surface area contributed by atoms with E-state index in [1.807, 2.05) is 6.92 Å². The van der Waals surface area contributed by atoms with E-state index in [0.717, 1.165) is 16.3 Å². The lowest BCUT2D eigenvalue weighted by Crippen LogP contribution is -2.31. The quantitative estimate of drug-likeness (QED) is 0.455. The van der Waals surface area contributed by atoms with Crippen molar-refractivity contribution >= 4 is 11.8 Å². The maximum absolute atomic E-state index is 14.3. The normalized spacial score (nSPS) is 13.0. The third-order valence-corrected chi connectivity index (χ3v) is 5.82. The second-order valence-electron chi connectivity index (χ2n) is 7.71. The fraction of sp³-hybridized carbons (Fsp3) is 0.174. The van der Waals surface area contributed by atoms with Gasteiger partial charge in [-0.2, -0.15) is 4.68 Å². The van der Waals surface area contributed by atoms with E-state index < -0.39 is 23.0 Å². The Balaban J connectivity index is 1.76. The lowest BCUT2D eigenvalue weighted by molar-refractivity contribution is -0.143. The van der Waals surface area contributed by atoms with E-state index in [2.05, 4.69) is 20.5 Å². The maximum atomic E-state index is 14.3. The van der Waals surface area contributed by atoms with Crippen LogP contribution in [0.3, 0.4) is 0 Å². The molecule has 4 rings (SSSR count). The van der Waals surface area contributed by atoms with Crippen LogP contribution in [0.2, 0.25) is 0 Å². The molecule has 2 aromatic heterocycles. The van der Waals surface area contributed by atoms with E-state index in [9.17, 15) is 18.7 Å². The molecule has 8 nitrogen and oxygen atoms in total. The molecule has 3 N–H and O–H groups in total. The Morgan fingerprint density at radius 3 is 2.55 bits per heavy atom. The largest absolute Gasteiger partial charge is 0.481 e. The van der Waals surface area contributed by atoms with Crippen molar-refractivity contribution in [2.45, 2.75) is 25.7 Å². The van der Waals surface area contributed by atoms with Gasteiger partial charge in [-0.3, -0.25) is 4.79 Å². The summed E-state index contributed by atoms with van der Waals surface area (Å²) in [5, 5.41) is 20.9. The van der Waals surface area contributed by atoms with Crippen LogP contribution in [0.25, 0.3) is 28.2 Å². The van der Waals surface area contributed by atoms with Gasteiger partial charge in [0.1, 0.15) is 11.5 Å². The van der Waals surface area contributed by atoms with Crippen LogP contribution in [0.4, 0.5) is 14.6 Å². The van der Waals surface area contributed by atoms with E-state index in [1.165, 1.54) is 12.1 Å². The number of carboxylic acid groups (broad SMARTS) is 1. The average molecular weight is 450 g/mol. The van der Waals surface area contributed by atoms with Crippen LogP contribution in [-0.4, -0.2) is 36.3 Å². The zero-order chi connectivity index (χ0) is 23.8. The second-order valence-corrected chi connectivity index (χ2v) is 7.71. The highest BCUT2D eigenvalue weighted by Gasteiger charge is 2.33. The van der Waals surface area contributed by atoms with Crippen LogP contribution < -0.4 is 5.73 Å². The fourth-order valence-electron chi connectivity index (χ4n) is 3.49. The minimum Gasteiger partial charge on any atom is -0.481 e. The Hall–Kier alpha value is -4.21. The molecule has 4 aromatic rings. The highest BCUT2D eigenvalue weighted by molar-refractivity contribution is 5.81. The predicted octanol–water partition coefficient (Wildman–Crippen LogP) is 4.00. The van der Waals surface area contributed by atoms with Gasteiger partial charge in [0.15, 0.2) is 17.5 Å². The van der Waals surface area contributed by atoms with Crippen molar-refractivity contribution in [2.75, 3.05) is 5.73 Å². The average Bonchev–Trinajstić information content (AvgIpc) is 3.30. The third-order valence-electron chi connectivity index (χ3n) is 5.82. The van der Waals surface area contributed by atoms with Gasteiger partial charge < -0.3 is 10.8 Å². The van der Waals surface area contributed by atoms with E-state index in [-0.39, 0.29) is 17.3 Å². The SMILES string of the molecule is CCC(C)(C(=O)O)c1ccc(-c2cnc(N)c(-c3nnnn3-c3cccc(F)c3F)c2)cc1. The summed E-state index contributed by atoms with van der Waals surface area (Å²) in [6, 6.07) is 12.5. The van der Waals surface area contributed by atoms with Gasteiger partial charge in [-0.1, -0.05) is 37.3 Å². The summed E-state index contributed by atoms with van der Waals surface area (Å²) in [7, 11) is 0. The number of anilines is 1. The zero-order valence-corrected chi connectivity index (χ0v) is 17.8. The molecule has 10 heteroatoms. The van der Waals surface area contributed by atoms with Crippen molar-refractivity contribution < 1.29 is 18.7 Å². The standard InChI is InChI=1S/C23H20F2N6O2/c1-3-23(2,22(32)33)15-9-7-13(8-10-15)14-11-16(20(26)27-12-14)21-28-29-30-31(21)18-6-4-5-17(24)19(18)25/h4-12H,3H2,1-2H3,(H2,26,27)(H,32,33). The number of rotatable bonds is 6. The molecule has 0 aliphatic rings. The van der Waals surface area contributed by atoms with Gasteiger partial charge in [0.05, 0.1) is 11.0 Å². The summed E-state index contributed by atoms with van der Waals surface area (Å²) in [6.45, 7) is 3.50. The molecule has 0 spiro atoms. The number of carboxylic acids is 1. The second kappa shape index (κ2) is 8.38. The molecule has 2 aromatic carbocycles. The van der Waals surface area contributed by atoms with E-state index in [1.54, 1.807) is 43.5 Å². The number of tetrazole rings is 1. The highest BCUT2D eigenvalue weighted by Crippen LogP contribution is 2.33. The lowest BCUT2D eigenvalue weighted by atomic mass is 9.80. The van der Waals surface area contributed by atoms with Crippen molar-refractivity contribution in [1.29, 1.82) is 0 Å². The summed E-state index contributed by atoms with van der Waals surface area (Å²) in [6.07, 6.45) is 2.00. The van der Waals surface area contributed by atoms with Gasteiger partial charge in [0, 0.05) is 11.8 Å². The number of nitrogen functional groups attached to an aromatic ring is 1. The molecule has 0 fully saturated rings. The topological polar surface area (TPSA) is 120 Å². The molecule has 0 saturated carbocycles. The Bertz CT molecular complexity index is 1340. The predicted molar refractivity (Wildman–Crippen MR) is 117 cm³/mol. The molecule has 2 heterocycles. The van der Waals surface area contributed by atoms with Crippen LogP contribution in [0.5, 0.6) is 0 Å². The number of pyridine rings is 1. The lowest BCUT2D eigenvalue weighted by Gasteiger charge is -2.23. The number of aromatic nitrogens is 5. The Kier molecular flexibility index (Phi) is 5.59. The van der Waals surface area contributed by atoms with Gasteiger partial charge in [0.2, 0.25) is 0 Å². The first-order chi connectivity index (χ1) is 15.8. The van der Waals surface area contributed by atoms with Crippen molar-refractivity contribution in [1.82, 2.24) is 25.2 Å². The number of nitrogens with two attached hydrogens (primary N) is 1. The molecule has 33 heavy (non-hydrogen) atoms. The van der Waals surface area contributed by atoms with Gasteiger partial charge >= 0.3 is 5.97 Å². The molecule has 0 amide bonds. The van der Waals surface area contributed by atoms with Gasteiger partial charge in [-0.25, -0.2) is 13.8 Å². The van der Waals surface area contributed by atoms with Gasteiger partial charge in [0.25, 0.3) is 0 Å². The van der Waals surface area contributed by atoms with Gasteiger partial charge in [-0.05, 0) is 53.1 Å². The van der Waals surface area contributed by atoms with Crippen molar-refractivity contribution in [3.8, 4) is 28.2 Å². The summed E-state index contributed by atoms with van der Waals surface area (Å²) in [5.74, 6) is -2.83. The first-order valence-corrected chi connectivity index (χ1v) is 10.1. The number of nitrogens with zero attached hydrogens (tertiary/aromatic N) is 5. The highest BCUT2D eigenvalue weighted by atomic mass is 19.2. The molecule has 1 unspecified atom stereocenters. The Labute approximate surface area is 187 Å². The first-order valence-electron chi connectivity index (χ1n) is 10.1. The van der Waals surface area contributed by atoms with E-state index >= 15 is 0 Å². The van der Waals surface area contributed by atoms with E-state index in [0.29, 0.717) is 23.1 Å². The van der Waals surface area contributed by atoms with Crippen molar-refractivity contribution in [3.05, 3.63) is 71.9 Å². The number of hydrogen-bond acceptors (Lipinski definition) is 6. The number of aliphatic carboxylic acids is 1.